The van der Waals surface area contributed by atoms with Gasteiger partial charge in [0, 0.05) is 33.0 Å². The number of anilines is 1. The lowest BCUT2D eigenvalue weighted by molar-refractivity contribution is -0.111. The Bertz CT molecular complexity index is 1830. The number of carbonyl (C=O) groups is 3. The molecule has 0 bridgehead atoms. The lowest BCUT2D eigenvalue weighted by Crippen LogP contribution is -2.18. The van der Waals surface area contributed by atoms with E-state index in [0.717, 1.165) is 21.2 Å². The maximum Gasteiger partial charge on any atom is 0.355 e. The minimum absolute atomic E-state index is 0.270. The van der Waals surface area contributed by atoms with Crippen molar-refractivity contribution in [1.82, 2.24) is 5.43 Å². The normalized spacial score (nSPS) is 11.2. The SMILES string of the molecule is Cc1ccc2c(Cl)c(C(=O)Oc3ccccc3/C=N\NC(=O)c3ccc(NC(=O)/C=C/c4ccccc4)cc3)sc2c1. The molecule has 0 fully saturated rings. The summed E-state index contributed by atoms with van der Waals surface area (Å²) < 4.78 is 6.55. The Morgan fingerprint density at radius 2 is 1.64 bits per heavy atom. The summed E-state index contributed by atoms with van der Waals surface area (Å²) in [6.07, 6.45) is 4.55. The summed E-state index contributed by atoms with van der Waals surface area (Å²) in [6, 6.07) is 28.5. The molecular weight excluding hydrogens is 570 g/mol. The molecule has 208 valence electrons. The third-order valence-corrected chi connectivity index (χ3v) is 7.74. The zero-order valence-corrected chi connectivity index (χ0v) is 23.9. The minimum Gasteiger partial charge on any atom is -0.422 e. The second kappa shape index (κ2) is 13.1. The van der Waals surface area contributed by atoms with E-state index >= 15 is 0 Å². The van der Waals surface area contributed by atoms with Crippen LogP contribution in [0.1, 0.15) is 36.7 Å². The monoisotopic (exact) mass is 593 g/mol. The predicted octanol–water partition coefficient (Wildman–Crippen LogP) is 7.50. The topological polar surface area (TPSA) is 96.9 Å². The number of ether oxygens (including phenoxy) is 1. The third kappa shape index (κ3) is 6.98. The highest BCUT2D eigenvalue weighted by atomic mass is 35.5. The number of thiophene rings is 1. The van der Waals surface area contributed by atoms with Crippen LogP contribution in [-0.2, 0) is 4.79 Å². The van der Waals surface area contributed by atoms with E-state index in [1.807, 2.05) is 55.5 Å². The summed E-state index contributed by atoms with van der Waals surface area (Å²) in [7, 11) is 0. The third-order valence-electron chi connectivity index (χ3n) is 6.10. The Hall–Kier alpha value is -5.05. The van der Waals surface area contributed by atoms with Gasteiger partial charge >= 0.3 is 5.97 Å². The van der Waals surface area contributed by atoms with Gasteiger partial charge in [-0.15, -0.1) is 11.3 Å². The van der Waals surface area contributed by atoms with Crippen LogP contribution in [0.25, 0.3) is 16.2 Å². The number of esters is 1. The molecule has 0 unspecified atom stereocenters. The average Bonchev–Trinajstić information content (AvgIpc) is 3.33. The van der Waals surface area contributed by atoms with Crippen LogP contribution in [0.15, 0.2) is 108 Å². The van der Waals surface area contributed by atoms with Gasteiger partial charge < -0.3 is 10.1 Å². The summed E-state index contributed by atoms with van der Waals surface area (Å²) in [5.41, 5.74) is 5.82. The molecule has 2 amide bonds. The van der Waals surface area contributed by atoms with Crippen LogP contribution >= 0.6 is 22.9 Å². The van der Waals surface area contributed by atoms with E-state index in [-0.39, 0.29) is 11.7 Å². The number of hydrazone groups is 1. The van der Waals surface area contributed by atoms with Crippen LogP contribution in [0, 0.1) is 6.92 Å². The lowest BCUT2D eigenvalue weighted by atomic mass is 10.2. The predicted molar refractivity (Wildman–Crippen MR) is 169 cm³/mol. The standard InChI is InChI=1S/C33H24ClN3O4S/c1-21-11-17-26-28(19-21)42-31(30(26)34)33(40)41-27-10-6-5-9-24(27)20-35-37-32(39)23-13-15-25(16-14-23)36-29(38)18-12-22-7-3-2-4-8-22/h2-20H,1H3,(H,36,38)(H,37,39)/b18-12+,35-20-. The van der Waals surface area contributed by atoms with Crippen molar-refractivity contribution in [3.63, 3.8) is 0 Å². The first-order valence-electron chi connectivity index (χ1n) is 12.8. The van der Waals surface area contributed by atoms with Gasteiger partial charge in [0.25, 0.3) is 5.91 Å². The second-order valence-electron chi connectivity index (χ2n) is 9.18. The van der Waals surface area contributed by atoms with Gasteiger partial charge in [-0.3, -0.25) is 9.59 Å². The van der Waals surface area contributed by atoms with Gasteiger partial charge in [0.2, 0.25) is 5.91 Å². The summed E-state index contributed by atoms with van der Waals surface area (Å²) in [6.45, 7) is 1.97. The van der Waals surface area contributed by atoms with Crippen LogP contribution in [-0.4, -0.2) is 24.0 Å². The Labute approximate surface area is 251 Å². The number of rotatable bonds is 8. The highest BCUT2D eigenvalue weighted by Gasteiger charge is 2.20. The first kappa shape index (κ1) is 28.5. The number of benzene rings is 4. The number of hydrogen-bond donors (Lipinski definition) is 2. The maximum absolute atomic E-state index is 13.0. The fraction of sp³-hybridized carbons (Fsp3) is 0.0303. The molecule has 0 aliphatic heterocycles. The molecule has 5 rings (SSSR count). The molecule has 0 aliphatic carbocycles. The van der Waals surface area contributed by atoms with E-state index in [4.69, 9.17) is 16.3 Å². The van der Waals surface area contributed by atoms with E-state index in [1.54, 1.807) is 54.6 Å². The molecule has 0 radical (unpaired) electrons. The van der Waals surface area contributed by atoms with Crippen molar-refractivity contribution < 1.29 is 19.1 Å². The molecule has 7 nitrogen and oxygen atoms in total. The maximum atomic E-state index is 13.0. The quantitative estimate of drug-likeness (QED) is 0.0640. The number of amides is 2. The minimum atomic E-state index is -0.577. The lowest BCUT2D eigenvalue weighted by Gasteiger charge is -2.07. The summed E-state index contributed by atoms with van der Waals surface area (Å²) in [4.78, 5) is 38.1. The van der Waals surface area contributed by atoms with Crippen molar-refractivity contribution in [1.29, 1.82) is 0 Å². The van der Waals surface area contributed by atoms with Crippen molar-refractivity contribution in [3.8, 4) is 5.75 Å². The molecule has 2 N–H and O–H groups in total. The van der Waals surface area contributed by atoms with Gasteiger partial charge in [-0.1, -0.05) is 66.2 Å². The number of carbonyl (C=O) groups excluding carboxylic acids is 3. The molecule has 4 aromatic carbocycles. The van der Waals surface area contributed by atoms with Crippen molar-refractivity contribution in [2.75, 3.05) is 5.32 Å². The zero-order valence-electron chi connectivity index (χ0n) is 22.3. The Balaban J connectivity index is 1.19. The number of hydrogen-bond acceptors (Lipinski definition) is 6. The molecule has 0 saturated heterocycles. The van der Waals surface area contributed by atoms with Crippen molar-refractivity contribution in [2.24, 2.45) is 5.10 Å². The van der Waals surface area contributed by atoms with Crippen molar-refractivity contribution in [3.05, 3.63) is 135 Å². The molecule has 0 aliphatic rings. The van der Waals surface area contributed by atoms with Gasteiger partial charge in [0.05, 0.1) is 11.2 Å². The first-order chi connectivity index (χ1) is 20.4. The fourth-order valence-electron chi connectivity index (χ4n) is 3.98. The Morgan fingerprint density at radius 1 is 0.905 bits per heavy atom. The van der Waals surface area contributed by atoms with E-state index in [0.29, 0.717) is 26.7 Å². The highest BCUT2D eigenvalue weighted by molar-refractivity contribution is 7.21. The Kier molecular flexibility index (Phi) is 8.87. The summed E-state index contributed by atoms with van der Waals surface area (Å²) in [5.74, 6) is -1.04. The fourth-order valence-corrected chi connectivity index (χ4v) is 5.46. The van der Waals surface area contributed by atoms with Crippen molar-refractivity contribution in [2.45, 2.75) is 6.92 Å². The molecule has 42 heavy (non-hydrogen) atoms. The van der Waals surface area contributed by atoms with E-state index < -0.39 is 11.9 Å². The molecule has 0 spiro atoms. The first-order valence-corrected chi connectivity index (χ1v) is 14.0. The van der Waals surface area contributed by atoms with Gasteiger partial charge in [0.15, 0.2) is 0 Å². The van der Waals surface area contributed by atoms with Crippen LogP contribution in [0.3, 0.4) is 0 Å². The second-order valence-corrected chi connectivity index (χ2v) is 10.6. The molecular formula is C33H24ClN3O4S. The average molecular weight is 594 g/mol. The van der Waals surface area contributed by atoms with Crippen LogP contribution < -0.4 is 15.5 Å². The van der Waals surface area contributed by atoms with Gasteiger partial charge in [-0.05, 0) is 66.6 Å². The number of nitrogens with one attached hydrogen (secondary N) is 2. The number of halogens is 1. The highest BCUT2D eigenvalue weighted by Crippen LogP contribution is 2.36. The molecule has 1 heterocycles. The van der Waals surface area contributed by atoms with Crippen molar-refractivity contribution >= 4 is 68.8 Å². The van der Waals surface area contributed by atoms with E-state index in [1.165, 1.54) is 23.6 Å². The van der Waals surface area contributed by atoms with E-state index in [2.05, 4.69) is 15.8 Å². The summed E-state index contributed by atoms with van der Waals surface area (Å²) in [5, 5.41) is 7.93. The van der Waals surface area contributed by atoms with Crippen LogP contribution in [0.5, 0.6) is 5.75 Å². The Morgan fingerprint density at radius 3 is 2.43 bits per heavy atom. The summed E-state index contributed by atoms with van der Waals surface area (Å²) >= 11 is 7.74. The molecule has 1 aromatic heterocycles. The smallest absolute Gasteiger partial charge is 0.355 e. The van der Waals surface area contributed by atoms with Gasteiger partial charge in [-0.2, -0.15) is 5.10 Å². The van der Waals surface area contributed by atoms with Crippen LogP contribution in [0.2, 0.25) is 5.02 Å². The zero-order chi connectivity index (χ0) is 29.5. The molecule has 0 saturated carbocycles. The number of fused-ring (bicyclic) bond motifs is 1. The van der Waals surface area contributed by atoms with Crippen LogP contribution in [0.4, 0.5) is 5.69 Å². The number of nitrogens with zero attached hydrogens (tertiary/aromatic N) is 1. The molecule has 0 atom stereocenters. The van der Waals surface area contributed by atoms with Gasteiger partial charge in [0.1, 0.15) is 10.6 Å². The van der Waals surface area contributed by atoms with E-state index in [9.17, 15) is 14.4 Å². The molecule has 9 heteroatoms. The largest absolute Gasteiger partial charge is 0.422 e. The number of aryl methyl sites for hydroxylation is 1. The van der Waals surface area contributed by atoms with Gasteiger partial charge in [-0.25, -0.2) is 10.2 Å². The molecule has 5 aromatic rings. The number of para-hydroxylation sites is 1.